The van der Waals surface area contributed by atoms with Crippen LogP contribution in [0.3, 0.4) is 0 Å². The van der Waals surface area contributed by atoms with Gasteiger partial charge in [0.1, 0.15) is 5.75 Å². The summed E-state index contributed by atoms with van der Waals surface area (Å²) in [5, 5.41) is 2.61. The summed E-state index contributed by atoms with van der Waals surface area (Å²) >= 11 is 0. The quantitative estimate of drug-likeness (QED) is 0.739. The van der Waals surface area contributed by atoms with Crippen molar-refractivity contribution in [2.45, 2.75) is 13.0 Å². The van der Waals surface area contributed by atoms with E-state index < -0.39 is 17.5 Å². The van der Waals surface area contributed by atoms with Crippen LogP contribution in [0.2, 0.25) is 0 Å². The van der Waals surface area contributed by atoms with Gasteiger partial charge in [-0.15, -0.1) is 0 Å². The second-order valence-electron chi connectivity index (χ2n) is 6.40. The maximum absolute atomic E-state index is 13.7. The molecule has 5 heteroatoms. The van der Waals surface area contributed by atoms with Crippen LogP contribution < -0.4 is 10.1 Å². The Balaban J connectivity index is 1.44. The van der Waals surface area contributed by atoms with E-state index in [4.69, 9.17) is 4.74 Å². The van der Waals surface area contributed by atoms with Crippen LogP contribution in [0.25, 0.3) is 11.1 Å². The number of amides is 1. The molecule has 136 valence electrons. The molecule has 1 heterocycles. The van der Waals surface area contributed by atoms with Gasteiger partial charge in [0.2, 0.25) is 0 Å². The van der Waals surface area contributed by atoms with Gasteiger partial charge in [0, 0.05) is 13.0 Å². The van der Waals surface area contributed by atoms with E-state index in [9.17, 15) is 13.6 Å². The smallest absolute Gasteiger partial charge is 0.254 e. The number of ether oxygens (including phenoxy) is 1. The lowest BCUT2D eigenvalue weighted by Crippen LogP contribution is -2.24. The molecule has 0 unspecified atom stereocenters. The molecule has 0 aliphatic carbocycles. The Morgan fingerprint density at radius 2 is 1.78 bits per heavy atom. The number of fused-ring (bicyclic) bond motifs is 1. The molecular formula is C22H17F2NO2. The lowest BCUT2D eigenvalue weighted by molar-refractivity contribution is 0.0946. The lowest BCUT2D eigenvalue weighted by Gasteiger charge is -2.08. The zero-order valence-corrected chi connectivity index (χ0v) is 14.5. The Morgan fingerprint density at radius 3 is 2.59 bits per heavy atom. The first-order chi connectivity index (χ1) is 13.1. The minimum atomic E-state index is -1.13. The molecule has 0 fully saturated rings. The van der Waals surface area contributed by atoms with Crippen molar-refractivity contribution in [2.24, 2.45) is 0 Å². The SMILES string of the molecule is O=C(NCc1ccc(-c2ccc3c(c2)CCO3)cc1)c1cccc(F)c1F. The molecule has 0 radical (unpaired) electrons. The van der Waals surface area contributed by atoms with E-state index in [1.807, 2.05) is 36.4 Å². The molecule has 1 amide bonds. The van der Waals surface area contributed by atoms with Crippen LogP contribution in [0.1, 0.15) is 21.5 Å². The van der Waals surface area contributed by atoms with Gasteiger partial charge in [0.05, 0.1) is 12.2 Å². The molecule has 3 aromatic rings. The predicted molar refractivity (Wildman–Crippen MR) is 98.6 cm³/mol. The van der Waals surface area contributed by atoms with Crippen LogP contribution in [0.15, 0.2) is 60.7 Å². The average Bonchev–Trinajstić information content (AvgIpc) is 3.16. The number of carbonyl (C=O) groups is 1. The first-order valence-electron chi connectivity index (χ1n) is 8.69. The monoisotopic (exact) mass is 365 g/mol. The fraction of sp³-hybridized carbons (Fsp3) is 0.136. The fourth-order valence-corrected chi connectivity index (χ4v) is 3.14. The molecule has 1 aliphatic heterocycles. The van der Waals surface area contributed by atoms with Crippen LogP contribution >= 0.6 is 0 Å². The molecule has 0 aromatic heterocycles. The summed E-state index contributed by atoms with van der Waals surface area (Å²) in [5.74, 6) is -1.87. The number of hydrogen-bond acceptors (Lipinski definition) is 2. The number of rotatable bonds is 4. The van der Waals surface area contributed by atoms with E-state index in [2.05, 4.69) is 11.4 Å². The Bertz CT molecular complexity index is 1000. The highest BCUT2D eigenvalue weighted by Gasteiger charge is 2.15. The Kier molecular flexibility index (Phi) is 4.59. The zero-order chi connectivity index (χ0) is 18.8. The van der Waals surface area contributed by atoms with E-state index in [0.717, 1.165) is 41.5 Å². The molecule has 0 saturated heterocycles. The molecule has 1 aliphatic rings. The minimum absolute atomic E-state index is 0.229. The Morgan fingerprint density at radius 1 is 1.00 bits per heavy atom. The lowest BCUT2D eigenvalue weighted by atomic mass is 10.0. The summed E-state index contributed by atoms with van der Waals surface area (Å²) in [6, 6.07) is 17.4. The van der Waals surface area contributed by atoms with Gasteiger partial charge in [-0.25, -0.2) is 8.78 Å². The van der Waals surface area contributed by atoms with E-state index in [1.54, 1.807) is 0 Å². The summed E-state index contributed by atoms with van der Waals surface area (Å²) < 4.78 is 32.4. The van der Waals surface area contributed by atoms with Crippen molar-refractivity contribution in [3.8, 4) is 16.9 Å². The van der Waals surface area contributed by atoms with E-state index >= 15 is 0 Å². The van der Waals surface area contributed by atoms with Crippen LogP contribution in [0.4, 0.5) is 8.78 Å². The summed E-state index contributed by atoms with van der Waals surface area (Å²) in [4.78, 5) is 12.1. The van der Waals surface area contributed by atoms with Gasteiger partial charge in [-0.1, -0.05) is 36.4 Å². The van der Waals surface area contributed by atoms with Gasteiger partial charge >= 0.3 is 0 Å². The number of halogens is 2. The first-order valence-corrected chi connectivity index (χ1v) is 8.69. The van der Waals surface area contributed by atoms with Crippen molar-refractivity contribution in [1.82, 2.24) is 5.32 Å². The summed E-state index contributed by atoms with van der Waals surface area (Å²) in [5.41, 5.74) is 3.95. The number of hydrogen-bond donors (Lipinski definition) is 1. The van der Waals surface area contributed by atoms with Gasteiger partial charge in [-0.05, 0) is 46.5 Å². The van der Waals surface area contributed by atoms with Gasteiger partial charge in [0.15, 0.2) is 11.6 Å². The highest BCUT2D eigenvalue weighted by atomic mass is 19.2. The molecule has 4 rings (SSSR count). The second kappa shape index (κ2) is 7.19. The largest absolute Gasteiger partial charge is 0.493 e. The highest BCUT2D eigenvalue weighted by molar-refractivity contribution is 5.94. The van der Waals surface area contributed by atoms with Gasteiger partial charge in [-0.2, -0.15) is 0 Å². The van der Waals surface area contributed by atoms with Crippen LogP contribution in [-0.2, 0) is 13.0 Å². The van der Waals surface area contributed by atoms with Crippen LogP contribution in [-0.4, -0.2) is 12.5 Å². The van der Waals surface area contributed by atoms with E-state index in [-0.39, 0.29) is 12.1 Å². The summed E-state index contributed by atoms with van der Waals surface area (Å²) in [7, 11) is 0. The predicted octanol–water partition coefficient (Wildman–Crippen LogP) is 4.50. The molecular weight excluding hydrogens is 348 g/mol. The van der Waals surface area contributed by atoms with Gasteiger partial charge < -0.3 is 10.1 Å². The number of benzene rings is 3. The van der Waals surface area contributed by atoms with Crippen molar-refractivity contribution >= 4 is 5.91 Å². The molecule has 3 nitrogen and oxygen atoms in total. The maximum atomic E-state index is 13.7. The third kappa shape index (κ3) is 3.53. The van der Waals surface area contributed by atoms with E-state index in [0.29, 0.717) is 0 Å². The van der Waals surface area contributed by atoms with Crippen molar-refractivity contribution < 1.29 is 18.3 Å². The highest BCUT2D eigenvalue weighted by Crippen LogP contribution is 2.30. The third-order valence-corrected chi connectivity index (χ3v) is 4.63. The molecule has 1 N–H and O–H groups in total. The zero-order valence-electron chi connectivity index (χ0n) is 14.5. The topological polar surface area (TPSA) is 38.3 Å². The molecule has 0 saturated carbocycles. The Labute approximate surface area is 155 Å². The standard InChI is InChI=1S/C22H17F2NO2/c23-19-3-1-2-18(21(19)24)22(26)25-13-14-4-6-15(7-5-14)16-8-9-20-17(12-16)10-11-27-20/h1-9,12H,10-11,13H2,(H,25,26). The molecule has 0 bridgehead atoms. The van der Waals surface area contributed by atoms with Crippen molar-refractivity contribution in [3.05, 3.63) is 89.0 Å². The maximum Gasteiger partial charge on any atom is 0.254 e. The van der Waals surface area contributed by atoms with Crippen LogP contribution in [0.5, 0.6) is 5.75 Å². The van der Waals surface area contributed by atoms with Crippen LogP contribution in [0, 0.1) is 11.6 Å². The number of nitrogens with one attached hydrogen (secondary N) is 1. The van der Waals surface area contributed by atoms with Crippen molar-refractivity contribution in [3.63, 3.8) is 0 Å². The van der Waals surface area contributed by atoms with Crippen molar-refractivity contribution in [2.75, 3.05) is 6.61 Å². The van der Waals surface area contributed by atoms with Gasteiger partial charge in [-0.3, -0.25) is 4.79 Å². The normalized spacial score (nSPS) is 12.4. The summed E-state index contributed by atoms with van der Waals surface area (Å²) in [6.45, 7) is 0.955. The average molecular weight is 365 g/mol. The minimum Gasteiger partial charge on any atom is -0.493 e. The van der Waals surface area contributed by atoms with Crippen molar-refractivity contribution in [1.29, 1.82) is 0 Å². The van der Waals surface area contributed by atoms with E-state index in [1.165, 1.54) is 17.7 Å². The molecule has 0 atom stereocenters. The molecule has 3 aromatic carbocycles. The second-order valence-corrected chi connectivity index (χ2v) is 6.40. The summed E-state index contributed by atoms with van der Waals surface area (Å²) in [6.07, 6.45) is 0.921. The molecule has 27 heavy (non-hydrogen) atoms. The fourth-order valence-electron chi connectivity index (χ4n) is 3.14. The third-order valence-electron chi connectivity index (χ3n) is 4.63. The molecule has 0 spiro atoms. The first kappa shape index (κ1) is 17.2. The number of carbonyl (C=O) groups excluding carboxylic acids is 1. The van der Waals surface area contributed by atoms with Gasteiger partial charge in [0.25, 0.3) is 5.91 Å². The Hall–Kier alpha value is -3.21.